The number of hydrogen-bond donors (Lipinski definition) is 1. The van der Waals surface area contributed by atoms with Crippen molar-refractivity contribution in [3.8, 4) is 17.6 Å². The number of amides is 1. The predicted octanol–water partition coefficient (Wildman–Crippen LogP) is 7.18. The molecule has 0 aromatic heterocycles. The Kier molecular flexibility index (Phi) is 8.78. The van der Waals surface area contributed by atoms with E-state index in [4.69, 9.17) is 9.47 Å². The molecule has 0 bridgehead atoms. The first-order valence-corrected chi connectivity index (χ1v) is 13.1. The van der Waals surface area contributed by atoms with Gasteiger partial charge in [-0.15, -0.1) is 0 Å². The minimum Gasteiger partial charge on any atom is -0.490 e. The zero-order valence-electron chi connectivity index (χ0n) is 21.2. The maximum absolute atomic E-state index is 12.9. The number of nitro benzene ring substituents is 1. The highest BCUT2D eigenvalue weighted by atomic mass is 127. The van der Waals surface area contributed by atoms with Gasteiger partial charge in [0.2, 0.25) is 0 Å². The van der Waals surface area contributed by atoms with E-state index in [9.17, 15) is 20.2 Å². The highest BCUT2D eigenvalue weighted by Crippen LogP contribution is 2.36. The van der Waals surface area contributed by atoms with E-state index in [0.29, 0.717) is 35.8 Å². The zero-order chi connectivity index (χ0) is 27.9. The maximum Gasteiger partial charge on any atom is 0.293 e. The number of aryl methyl sites for hydroxylation is 1. The van der Waals surface area contributed by atoms with Gasteiger partial charge in [-0.2, -0.15) is 5.26 Å². The molecule has 0 aliphatic heterocycles. The van der Waals surface area contributed by atoms with Crippen molar-refractivity contribution in [2.45, 2.75) is 20.5 Å². The second-order valence-electron chi connectivity index (χ2n) is 8.59. The molecule has 0 unspecified atom stereocenters. The minimum atomic E-state index is -0.756. The molecule has 0 spiro atoms. The molecule has 0 fully saturated rings. The van der Waals surface area contributed by atoms with E-state index < -0.39 is 10.8 Å². The van der Waals surface area contributed by atoms with E-state index in [2.05, 4.69) is 46.1 Å². The fraction of sp³-hybridized carbons (Fsp3) is 0.133. The van der Waals surface area contributed by atoms with Gasteiger partial charge in [-0.3, -0.25) is 14.9 Å². The Morgan fingerprint density at radius 3 is 2.62 bits per heavy atom. The third-order valence-electron chi connectivity index (χ3n) is 5.86. The molecular formula is C30H24IN3O5. The van der Waals surface area contributed by atoms with Gasteiger partial charge >= 0.3 is 0 Å². The van der Waals surface area contributed by atoms with Crippen molar-refractivity contribution in [2.24, 2.45) is 0 Å². The van der Waals surface area contributed by atoms with E-state index in [-0.39, 0.29) is 16.9 Å². The number of nitrogens with one attached hydrogen (secondary N) is 1. The molecule has 0 heterocycles. The maximum atomic E-state index is 12.9. The Morgan fingerprint density at radius 1 is 1.10 bits per heavy atom. The number of ether oxygens (including phenoxy) is 2. The predicted molar refractivity (Wildman–Crippen MR) is 159 cm³/mol. The fourth-order valence-electron chi connectivity index (χ4n) is 4.05. The number of halogens is 1. The summed E-state index contributed by atoms with van der Waals surface area (Å²) in [5.41, 5.74) is 1.80. The monoisotopic (exact) mass is 633 g/mol. The SMILES string of the molecule is CCOc1cc(/C=C(\C#N)C(=O)Nc2ccc(C)cc2[N+](=O)[O-])cc(I)c1OCc1cccc2ccccc12. The van der Waals surface area contributed by atoms with Gasteiger partial charge in [-0.25, -0.2) is 0 Å². The van der Waals surface area contributed by atoms with E-state index in [0.717, 1.165) is 19.9 Å². The Morgan fingerprint density at radius 2 is 1.87 bits per heavy atom. The molecule has 1 amide bonds. The van der Waals surface area contributed by atoms with Crippen LogP contribution in [0.2, 0.25) is 0 Å². The normalized spacial score (nSPS) is 11.1. The molecule has 0 aliphatic carbocycles. The molecule has 0 saturated carbocycles. The first kappa shape index (κ1) is 27.6. The van der Waals surface area contributed by atoms with Crippen LogP contribution in [0.25, 0.3) is 16.8 Å². The van der Waals surface area contributed by atoms with E-state index in [1.807, 2.05) is 37.3 Å². The van der Waals surface area contributed by atoms with Gasteiger partial charge in [0.05, 0.1) is 15.1 Å². The largest absolute Gasteiger partial charge is 0.490 e. The first-order valence-electron chi connectivity index (χ1n) is 12.0. The van der Waals surface area contributed by atoms with E-state index in [1.165, 1.54) is 18.2 Å². The summed E-state index contributed by atoms with van der Waals surface area (Å²) in [6.07, 6.45) is 1.41. The van der Waals surface area contributed by atoms with E-state index >= 15 is 0 Å². The molecule has 9 heteroatoms. The summed E-state index contributed by atoms with van der Waals surface area (Å²) in [6, 6.07) is 23.9. The fourth-order valence-corrected chi connectivity index (χ4v) is 4.83. The molecule has 8 nitrogen and oxygen atoms in total. The number of benzene rings is 4. The van der Waals surface area contributed by atoms with Crippen LogP contribution in [0.4, 0.5) is 11.4 Å². The quantitative estimate of drug-likeness (QED) is 0.0687. The van der Waals surface area contributed by atoms with Crippen LogP contribution < -0.4 is 14.8 Å². The molecule has 0 aliphatic rings. The summed E-state index contributed by atoms with van der Waals surface area (Å²) >= 11 is 2.13. The summed E-state index contributed by atoms with van der Waals surface area (Å²) in [5, 5.41) is 25.8. The zero-order valence-corrected chi connectivity index (χ0v) is 23.4. The van der Waals surface area contributed by atoms with Crippen LogP contribution in [-0.4, -0.2) is 17.4 Å². The Bertz CT molecular complexity index is 1640. The lowest BCUT2D eigenvalue weighted by Gasteiger charge is -2.16. The van der Waals surface area contributed by atoms with Crippen LogP contribution in [0.3, 0.4) is 0 Å². The number of nitrogens with zero attached hydrogens (tertiary/aromatic N) is 2. The average Bonchev–Trinajstić information content (AvgIpc) is 2.92. The first-order chi connectivity index (χ1) is 18.8. The molecule has 4 aromatic rings. The molecule has 4 rings (SSSR count). The highest BCUT2D eigenvalue weighted by molar-refractivity contribution is 14.1. The summed E-state index contributed by atoms with van der Waals surface area (Å²) in [5.74, 6) is 0.275. The van der Waals surface area contributed by atoms with Gasteiger partial charge in [0, 0.05) is 6.07 Å². The lowest BCUT2D eigenvalue weighted by molar-refractivity contribution is -0.384. The number of nitro groups is 1. The molecule has 0 atom stereocenters. The van der Waals surface area contributed by atoms with Crippen molar-refractivity contribution in [3.63, 3.8) is 0 Å². The molecule has 39 heavy (non-hydrogen) atoms. The van der Waals surface area contributed by atoms with Crippen LogP contribution in [0.5, 0.6) is 11.5 Å². The lowest BCUT2D eigenvalue weighted by atomic mass is 10.1. The molecule has 4 aromatic carbocycles. The number of rotatable bonds is 9. The van der Waals surface area contributed by atoms with Crippen molar-refractivity contribution < 1.29 is 19.2 Å². The minimum absolute atomic E-state index is 0.0125. The molecular weight excluding hydrogens is 609 g/mol. The number of nitriles is 1. The number of anilines is 1. The van der Waals surface area contributed by atoms with Crippen molar-refractivity contribution >= 4 is 56.7 Å². The van der Waals surface area contributed by atoms with Gasteiger partial charge in [0.25, 0.3) is 11.6 Å². The molecule has 196 valence electrons. The Balaban J connectivity index is 1.61. The third kappa shape index (κ3) is 6.53. The van der Waals surface area contributed by atoms with Crippen LogP contribution in [0.1, 0.15) is 23.6 Å². The molecule has 1 N–H and O–H groups in total. The average molecular weight is 633 g/mol. The van der Waals surface area contributed by atoms with Crippen molar-refractivity contribution in [1.82, 2.24) is 0 Å². The Labute approximate surface area is 239 Å². The van der Waals surface area contributed by atoms with Gasteiger partial charge in [0.1, 0.15) is 23.9 Å². The van der Waals surface area contributed by atoms with Crippen LogP contribution in [0.15, 0.2) is 78.4 Å². The number of hydrogen-bond acceptors (Lipinski definition) is 6. The summed E-state index contributed by atoms with van der Waals surface area (Å²) < 4.78 is 12.8. The third-order valence-corrected chi connectivity index (χ3v) is 6.66. The number of fused-ring (bicyclic) bond motifs is 1. The second-order valence-corrected chi connectivity index (χ2v) is 9.75. The number of carbonyl (C=O) groups is 1. The standard InChI is InChI=1S/C30H24IN3O5/c1-3-38-28-16-20(14-23(17-32)30(35)33-26-12-11-19(2)13-27(26)34(36)37)15-25(31)29(28)39-18-22-9-6-8-21-7-4-5-10-24(21)22/h4-16H,3,18H2,1-2H3,(H,33,35)/b23-14+. The summed E-state index contributed by atoms with van der Waals surface area (Å²) in [6.45, 7) is 4.28. The second kappa shape index (κ2) is 12.4. The highest BCUT2D eigenvalue weighted by Gasteiger charge is 2.19. The van der Waals surface area contributed by atoms with Gasteiger partial charge < -0.3 is 14.8 Å². The Hall–Kier alpha value is -4.43. The van der Waals surface area contributed by atoms with Crippen LogP contribution in [-0.2, 0) is 11.4 Å². The number of carbonyl (C=O) groups excluding carboxylic acids is 1. The van der Waals surface area contributed by atoms with Crippen LogP contribution >= 0.6 is 22.6 Å². The topological polar surface area (TPSA) is 114 Å². The van der Waals surface area contributed by atoms with Crippen molar-refractivity contribution in [3.05, 3.63) is 109 Å². The lowest BCUT2D eigenvalue weighted by Crippen LogP contribution is -2.14. The van der Waals surface area contributed by atoms with Crippen molar-refractivity contribution in [1.29, 1.82) is 5.26 Å². The van der Waals surface area contributed by atoms with E-state index in [1.54, 1.807) is 25.1 Å². The van der Waals surface area contributed by atoms with Gasteiger partial charge in [-0.05, 0) is 88.2 Å². The van der Waals surface area contributed by atoms with Crippen LogP contribution in [0, 0.1) is 31.9 Å². The van der Waals surface area contributed by atoms with Gasteiger partial charge in [-0.1, -0.05) is 48.5 Å². The molecule has 0 saturated heterocycles. The smallest absolute Gasteiger partial charge is 0.293 e. The van der Waals surface area contributed by atoms with Crippen molar-refractivity contribution in [2.75, 3.05) is 11.9 Å². The van der Waals surface area contributed by atoms with Gasteiger partial charge in [0.15, 0.2) is 11.5 Å². The summed E-state index contributed by atoms with van der Waals surface area (Å²) in [4.78, 5) is 23.7. The molecule has 0 radical (unpaired) electrons. The summed E-state index contributed by atoms with van der Waals surface area (Å²) in [7, 11) is 0.